The van der Waals surface area contributed by atoms with Crippen molar-refractivity contribution in [3.05, 3.63) is 87.6 Å². The summed E-state index contributed by atoms with van der Waals surface area (Å²) in [5.74, 6) is 0.515. The molecular formula is C22H19F3N4O6S. The van der Waals surface area contributed by atoms with Crippen molar-refractivity contribution in [1.82, 2.24) is 4.98 Å². The van der Waals surface area contributed by atoms with E-state index in [9.17, 15) is 31.7 Å². The highest BCUT2D eigenvalue weighted by Crippen LogP contribution is 2.28. The molecule has 10 nitrogen and oxygen atoms in total. The van der Waals surface area contributed by atoms with E-state index in [4.69, 9.17) is 9.57 Å². The number of aryl methyl sites for hydroxylation is 1. The fraction of sp³-hybridized carbons (Fsp3) is 0.182. The van der Waals surface area contributed by atoms with E-state index >= 15 is 0 Å². The van der Waals surface area contributed by atoms with E-state index in [-0.39, 0.29) is 35.1 Å². The van der Waals surface area contributed by atoms with Crippen molar-refractivity contribution >= 4 is 27.1 Å². The Bertz CT molecular complexity index is 1390. The molecule has 0 unspecified atom stereocenters. The smallest absolute Gasteiger partial charge is 0.439 e. The van der Waals surface area contributed by atoms with Crippen LogP contribution in [0.5, 0.6) is 11.6 Å². The predicted molar refractivity (Wildman–Crippen MR) is 124 cm³/mol. The van der Waals surface area contributed by atoms with Crippen LogP contribution < -0.4 is 9.46 Å². The van der Waals surface area contributed by atoms with E-state index < -0.39 is 20.5 Å². The van der Waals surface area contributed by atoms with E-state index in [2.05, 4.69) is 10.1 Å². The predicted octanol–water partition coefficient (Wildman–Crippen LogP) is 5.29. The number of hydrogen-bond donors (Lipinski definition) is 1. The van der Waals surface area contributed by atoms with Crippen LogP contribution in [0.3, 0.4) is 0 Å². The number of alkyl halides is 3. The van der Waals surface area contributed by atoms with Crippen LogP contribution in [-0.4, -0.2) is 29.5 Å². The molecule has 0 aliphatic carbocycles. The van der Waals surface area contributed by atoms with Crippen LogP contribution >= 0.6 is 0 Å². The summed E-state index contributed by atoms with van der Waals surface area (Å²) >= 11 is 0. The van der Waals surface area contributed by atoms with E-state index in [0.717, 1.165) is 6.20 Å². The monoisotopic (exact) mass is 524 g/mol. The zero-order chi connectivity index (χ0) is 26.5. The van der Waals surface area contributed by atoms with Gasteiger partial charge in [-0.25, -0.2) is 4.98 Å². The van der Waals surface area contributed by atoms with Gasteiger partial charge in [0.15, 0.2) is 0 Å². The molecule has 0 fully saturated rings. The Labute approximate surface area is 203 Å². The number of nitrogens with zero attached hydrogens (tertiary/aromatic N) is 3. The van der Waals surface area contributed by atoms with Crippen molar-refractivity contribution in [3.63, 3.8) is 0 Å². The number of aromatic nitrogens is 1. The summed E-state index contributed by atoms with van der Waals surface area (Å²) in [4.78, 5) is 19.3. The lowest BCUT2D eigenvalue weighted by molar-refractivity contribution is -0.385. The highest BCUT2D eigenvalue weighted by Gasteiger charge is 2.46. The average Bonchev–Trinajstić information content (AvgIpc) is 2.80. The molecule has 1 heterocycles. The summed E-state index contributed by atoms with van der Waals surface area (Å²) in [6, 6.07) is 13.4. The molecule has 0 saturated carbocycles. The summed E-state index contributed by atoms with van der Waals surface area (Å²) in [7, 11) is -5.62. The number of rotatable bonds is 9. The summed E-state index contributed by atoms with van der Waals surface area (Å²) in [5.41, 5.74) is -4.42. The third kappa shape index (κ3) is 6.69. The maximum Gasteiger partial charge on any atom is 0.516 e. The molecule has 0 saturated heterocycles. The van der Waals surface area contributed by atoms with Crippen molar-refractivity contribution < 1.29 is 36.1 Å². The zero-order valence-electron chi connectivity index (χ0n) is 18.8. The second kappa shape index (κ2) is 10.6. The van der Waals surface area contributed by atoms with Gasteiger partial charge in [0.1, 0.15) is 18.6 Å². The minimum Gasteiger partial charge on any atom is -0.439 e. The Morgan fingerprint density at radius 1 is 1.17 bits per heavy atom. The maximum atomic E-state index is 12.8. The number of hydrogen-bond acceptors (Lipinski definition) is 8. The van der Waals surface area contributed by atoms with Crippen LogP contribution in [0.15, 0.2) is 65.9 Å². The van der Waals surface area contributed by atoms with Crippen LogP contribution in [-0.2, 0) is 21.5 Å². The summed E-state index contributed by atoms with van der Waals surface area (Å²) in [6.45, 7) is 3.10. The Balaban J connectivity index is 1.71. The van der Waals surface area contributed by atoms with Gasteiger partial charge in [0.2, 0.25) is 5.88 Å². The molecular weight excluding hydrogens is 505 g/mol. The Morgan fingerprint density at radius 2 is 1.92 bits per heavy atom. The van der Waals surface area contributed by atoms with Crippen LogP contribution in [0.2, 0.25) is 0 Å². The SMILES string of the molecule is C/C(=N\OCc1cccc(Oc2ccc([N+](=O)[O-])cn2)c1)c1cc(C)ccc1NS(=O)(=O)C(F)(F)F. The van der Waals surface area contributed by atoms with Gasteiger partial charge in [0.25, 0.3) is 5.69 Å². The molecule has 14 heteroatoms. The second-order valence-corrected chi connectivity index (χ2v) is 9.09. The number of pyridine rings is 1. The topological polar surface area (TPSA) is 133 Å². The number of halogens is 3. The standard InChI is InChI=1S/C22H19F3N4O6S/c1-14-6-8-20(28-36(32,33)22(23,24)25)19(10-14)15(2)27-34-13-16-4-3-5-18(11-16)35-21-9-7-17(12-26-21)29(30)31/h3-12,28H,13H2,1-2H3/b27-15+. The second-order valence-electron chi connectivity index (χ2n) is 7.41. The quantitative estimate of drug-likeness (QED) is 0.228. The van der Waals surface area contributed by atoms with Gasteiger partial charge in [0, 0.05) is 17.7 Å². The first-order valence-corrected chi connectivity index (χ1v) is 11.6. The zero-order valence-corrected chi connectivity index (χ0v) is 19.6. The molecule has 2 aromatic carbocycles. The van der Waals surface area contributed by atoms with E-state index in [1.807, 2.05) is 0 Å². The lowest BCUT2D eigenvalue weighted by Gasteiger charge is -2.14. The molecule has 0 aliphatic heterocycles. The van der Waals surface area contributed by atoms with Crippen molar-refractivity contribution in [2.24, 2.45) is 5.16 Å². The van der Waals surface area contributed by atoms with E-state index in [0.29, 0.717) is 16.9 Å². The highest BCUT2D eigenvalue weighted by atomic mass is 32.2. The van der Waals surface area contributed by atoms with Crippen molar-refractivity contribution in [3.8, 4) is 11.6 Å². The molecule has 36 heavy (non-hydrogen) atoms. The molecule has 0 spiro atoms. The Kier molecular flexibility index (Phi) is 7.77. The normalized spacial score (nSPS) is 12.2. The fourth-order valence-electron chi connectivity index (χ4n) is 2.86. The van der Waals surface area contributed by atoms with Gasteiger partial charge in [-0.2, -0.15) is 21.6 Å². The number of oxime groups is 1. The third-order valence-electron chi connectivity index (χ3n) is 4.60. The van der Waals surface area contributed by atoms with Crippen LogP contribution in [0.4, 0.5) is 24.5 Å². The molecule has 0 atom stereocenters. The van der Waals surface area contributed by atoms with Gasteiger partial charge in [-0.3, -0.25) is 14.8 Å². The summed E-state index contributed by atoms with van der Waals surface area (Å²) in [6.07, 6.45) is 1.06. The maximum absolute atomic E-state index is 12.8. The van der Waals surface area contributed by atoms with E-state index in [1.165, 1.54) is 42.0 Å². The van der Waals surface area contributed by atoms with Crippen molar-refractivity contribution in [2.45, 2.75) is 26.0 Å². The Morgan fingerprint density at radius 3 is 2.56 bits per heavy atom. The first-order valence-electron chi connectivity index (χ1n) is 10.1. The molecule has 190 valence electrons. The molecule has 0 aliphatic rings. The van der Waals surface area contributed by atoms with Gasteiger partial charge in [-0.05, 0) is 43.7 Å². The van der Waals surface area contributed by atoms with Gasteiger partial charge in [-0.1, -0.05) is 28.9 Å². The number of anilines is 1. The minimum absolute atomic E-state index is 0.0440. The third-order valence-corrected chi connectivity index (χ3v) is 5.70. The lowest BCUT2D eigenvalue weighted by atomic mass is 10.1. The minimum atomic E-state index is -5.62. The van der Waals surface area contributed by atoms with E-state index in [1.54, 1.807) is 31.2 Å². The van der Waals surface area contributed by atoms with Crippen LogP contribution in [0.25, 0.3) is 0 Å². The fourth-order valence-corrected chi connectivity index (χ4v) is 3.45. The van der Waals surface area contributed by atoms with Crippen molar-refractivity contribution in [2.75, 3.05) is 4.72 Å². The molecule has 1 aromatic heterocycles. The first-order chi connectivity index (χ1) is 16.9. The van der Waals surface area contributed by atoms with Gasteiger partial charge < -0.3 is 9.57 Å². The number of sulfonamides is 1. The van der Waals surface area contributed by atoms with Gasteiger partial charge in [-0.15, -0.1) is 0 Å². The molecule has 0 bridgehead atoms. The number of ether oxygens (including phenoxy) is 1. The van der Waals surface area contributed by atoms with Crippen LogP contribution in [0.1, 0.15) is 23.6 Å². The molecule has 0 amide bonds. The Hall–Kier alpha value is -4.20. The molecule has 3 rings (SSSR count). The molecule has 0 radical (unpaired) electrons. The largest absolute Gasteiger partial charge is 0.516 e. The summed E-state index contributed by atoms with van der Waals surface area (Å²) in [5, 5.41) is 14.6. The lowest BCUT2D eigenvalue weighted by Crippen LogP contribution is -2.30. The average molecular weight is 524 g/mol. The van der Waals surface area contributed by atoms with Crippen molar-refractivity contribution in [1.29, 1.82) is 0 Å². The molecule has 3 aromatic rings. The molecule has 1 N–H and O–H groups in total. The van der Waals surface area contributed by atoms with Crippen LogP contribution in [0, 0.1) is 17.0 Å². The highest BCUT2D eigenvalue weighted by molar-refractivity contribution is 7.93. The first kappa shape index (κ1) is 26.4. The number of benzene rings is 2. The summed E-state index contributed by atoms with van der Waals surface area (Å²) < 4.78 is 68.6. The van der Waals surface area contributed by atoms with Gasteiger partial charge in [0.05, 0.1) is 16.3 Å². The van der Waals surface area contributed by atoms with Gasteiger partial charge >= 0.3 is 15.5 Å². The number of nitrogens with one attached hydrogen (secondary N) is 1. The number of nitro groups is 1.